The van der Waals surface area contributed by atoms with Crippen LogP contribution in [0.15, 0.2) is 66.9 Å². The number of amides is 1. The third-order valence-corrected chi connectivity index (χ3v) is 6.73. The Morgan fingerprint density at radius 3 is 2.55 bits per heavy atom. The molecule has 0 N–H and O–H groups in total. The summed E-state index contributed by atoms with van der Waals surface area (Å²) in [5.41, 5.74) is 2.27. The summed E-state index contributed by atoms with van der Waals surface area (Å²) in [5, 5.41) is 1.56. The maximum absolute atomic E-state index is 13.5. The summed E-state index contributed by atoms with van der Waals surface area (Å²) in [5.74, 6) is -0.202. The molecule has 0 aliphatic carbocycles. The van der Waals surface area contributed by atoms with Gasteiger partial charge in [0.05, 0.1) is 32.2 Å². The molecular formula is C21H13ClN4OS2. The highest BCUT2D eigenvalue weighted by Gasteiger charge is 2.25. The molecule has 5 rings (SSSR count). The first-order chi connectivity index (χ1) is 14.2. The van der Waals surface area contributed by atoms with E-state index in [2.05, 4.69) is 15.0 Å². The molecule has 5 nitrogen and oxygen atoms in total. The van der Waals surface area contributed by atoms with Crippen LogP contribution in [0.25, 0.3) is 20.4 Å². The molecule has 0 bridgehead atoms. The Hall–Kier alpha value is -2.87. The maximum Gasteiger partial charge on any atom is 0.289 e. The molecule has 5 aromatic rings. The molecule has 29 heavy (non-hydrogen) atoms. The van der Waals surface area contributed by atoms with Crippen molar-refractivity contribution in [1.29, 1.82) is 0 Å². The quantitative estimate of drug-likeness (QED) is 0.357. The lowest BCUT2D eigenvalue weighted by atomic mass is 10.3. The van der Waals surface area contributed by atoms with E-state index >= 15 is 0 Å². The van der Waals surface area contributed by atoms with Gasteiger partial charge in [-0.1, -0.05) is 47.2 Å². The highest BCUT2D eigenvalue weighted by atomic mass is 35.5. The number of nitrogens with zero attached hydrogens (tertiary/aromatic N) is 4. The number of hydrogen-bond donors (Lipinski definition) is 0. The Labute approximate surface area is 179 Å². The maximum atomic E-state index is 13.5. The number of fused-ring (bicyclic) bond motifs is 2. The van der Waals surface area contributed by atoms with Gasteiger partial charge in [0.2, 0.25) is 0 Å². The van der Waals surface area contributed by atoms with Crippen LogP contribution >= 0.6 is 34.3 Å². The number of pyridine rings is 1. The van der Waals surface area contributed by atoms with Gasteiger partial charge < -0.3 is 0 Å². The summed E-state index contributed by atoms with van der Waals surface area (Å²) in [7, 11) is 0. The van der Waals surface area contributed by atoms with Gasteiger partial charge >= 0.3 is 0 Å². The lowest BCUT2D eigenvalue weighted by Crippen LogP contribution is -2.30. The zero-order valence-corrected chi connectivity index (χ0v) is 17.3. The van der Waals surface area contributed by atoms with Crippen molar-refractivity contribution in [3.8, 4) is 0 Å². The van der Waals surface area contributed by atoms with Crippen LogP contribution in [-0.2, 0) is 6.54 Å². The normalized spacial score (nSPS) is 11.2. The first kappa shape index (κ1) is 18.2. The molecule has 0 aliphatic heterocycles. The fraction of sp³-hybridized carbons (Fsp3) is 0.0476. The molecule has 3 heterocycles. The second-order valence-electron chi connectivity index (χ2n) is 6.28. The highest BCUT2D eigenvalue weighted by molar-refractivity contribution is 7.23. The van der Waals surface area contributed by atoms with E-state index in [1.54, 1.807) is 17.2 Å². The van der Waals surface area contributed by atoms with Crippen LogP contribution in [0.5, 0.6) is 0 Å². The molecule has 0 saturated carbocycles. The molecule has 0 atom stereocenters. The third kappa shape index (κ3) is 3.48. The van der Waals surface area contributed by atoms with Crippen molar-refractivity contribution >= 4 is 65.7 Å². The summed E-state index contributed by atoms with van der Waals surface area (Å²) < 4.78 is 1.90. The Morgan fingerprint density at radius 2 is 1.76 bits per heavy atom. The van der Waals surface area contributed by atoms with Crippen molar-refractivity contribution in [1.82, 2.24) is 15.0 Å². The number of anilines is 1. The van der Waals surface area contributed by atoms with Crippen molar-refractivity contribution in [2.24, 2.45) is 0 Å². The van der Waals surface area contributed by atoms with Gasteiger partial charge in [0, 0.05) is 6.20 Å². The van der Waals surface area contributed by atoms with E-state index in [-0.39, 0.29) is 5.91 Å². The second-order valence-corrected chi connectivity index (χ2v) is 8.73. The van der Waals surface area contributed by atoms with Gasteiger partial charge in [0.25, 0.3) is 5.91 Å². The van der Waals surface area contributed by atoms with Crippen LogP contribution < -0.4 is 4.90 Å². The van der Waals surface area contributed by atoms with Crippen LogP contribution in [0.4, 0.5) is 5.13 Å². The van der Waals surface area contributed by atoms with Crippen LogP contribution in [0.1, 0.15) is 15.5 Å². The fourth-order valence-electron chi connectivity index (χ4n) is 2.98. The van der Waals surface area contributed by atoms with Crippen LogP contribution in [0.2, 0.25) is 5.02 Å². The van der Waals surface area contributed by atoms with E-state index in [1.165, 1.54) is 22.7 Å². The number of para-hydroxylation sites is 2. The summed E-state index contributed by atoms with van der Waals surface area (Å²) in [6.45, 7) is 0.299. The Morgan fingerprint density at radius 1 is 0.931 bits per heavy atom. The number of carbonyl (C=O) groups excluding carboxylic acids is 1. The lowest BCUT2D eigenvalue weighted by molar-refractivity contribution is 0.0984. The minimum Gasteiger partial charge on any atom is -0.276 e. The molecule has 0 saturated heterocycles. The number of halogens is 1. The smallest absolute Gasteiger partial charge is 0.276 e. The number of benzene rings is 2. The standard InChI is InChI=1S/C21H13ClN4OS2/c22-14-7-5-10-17-18(14)25-21(29-17)26(12-13-6-3-4-11-23-13)20(27)19-24-15-8-1-2-9-16(15)28-19/h1-11H,12H2. The number of carbonyl (C=O) groups is 1. The number of rotatable bonds is 4. The molecule has 3 aromatic heterocycles. The van der Waals surface area contributed by atoms with E-state index < -0.39 is 0 Å². The predicted molar refractivity (Wildman–Crippen MR) is 119 cm³/mol. The number of hydrogen-bond acceptors (Lipinski definition) is 6. The SMILES string of the molecule is O=C(c1nc2ccccc2s1)N(Cc1ccccn1)c1nc2c(Cl)cccc2s1. The van der Waals surface area contributed by atoms with Crippen molar-refractivity contribution < 1.29 is 4.79 Å². The minimum atomic E-state index is -0.202. The van der Waals surface area contributed by atoms with Gasteiger partial charge in [0.1, 0.15) is 5.52 Å². The average molecular weight is 437 g/mol. The fourth-order valence-corrected chi connectivity index (χ4v) is 5.16. The highest BCUT2D eigenvalue weighted by Crippen LogP contribution is 2.34. The first-order valence-electron chi connectivity index (χ1n) is 8.81. The van der Waals surface area contributed by atoms with Gasteiger partial charge in [-0.15, -0.1) is 11.3 Å². The summed E-state index contributed by atoms with van der Waals surface area (Å²) in [6, 6.07) is 19.0. The third-order valence-electron chi connectivity index (χ3n) is 4.36. The molecule has 1 amide bonds. The van der Waals surface area contributed by atoms with E-state index in [0.29, 0.717) is 27.2 Å². The van der Waals surface area contributed by atoms with Crippen LogP contribution in [0.3, 0.4) is 0 Å². The minimum absolute atomic E-state index is 0.202. The number of thiazole rings is 2. The molecule has 0 unspecified atom stereocenters. The van der Waals surface area contributed by atoms with Gasteiger partial charge in [-0.3, -0.25) is 14.7 Å². The first-order valence-corrected chi connectivity index (χ1v) is 10.8. The van der Waals surface area contributed by atoms with Gasteiger partial charge in [0.15, 0.2) is 10.1 Å². The zero-order valence-electron chi connectivity index (χ0n) is 14.9. The molecule has 0 aliphatic rings. The zero-order chi connectivity index (χ0) is 19.8. The van der Waals surface area contributed by atoms with Gasteiger partial charge in [-0.2, -0.15) is 0 Å². The molecule has 0 radical (unpaired) electrons. The van der Waals surface area contributed by atoms with Gasteiger partial charge in [-0.05, 0) is 36.4 Å². The monoisotopic (exact) mass is 436 g/mol. The Bertz CT molecular complexity index is 1300. The topological polar surface area (TPSA) is 59.0 Å². The van der Waals surface area contributed by atoms with Crippen molar-refractivity contribution in [2.75, 3.05) is 4.90 Å². The molecule has 2 aromatic carbocycles. The average Bonchev–Trinajstić information content (AvgIpc) is 3.37. The molecule has 0 fully saturated rings. The summed E-state index contributed by atoms with van der Waals surface area (Å²) in [4.78, 5) is 28.6. The molecule has 8 heteroatoms. The van der Waals surface area contributed by atoms with Crippen LogP contribution in [-0.4, -0.2) is 20.9 Å². The Kier molecular flexibility index (Phi) is 4.71. The van der Waals surface area contributed by atoms with Crippen molar-refractivity contribution in [3.63, 3.8) is 0 Å². The Balaban J connectivity index is 1.60. The molecule has 142 valence electrons. The summed E-state index contributed by atoms with van der Waals surface area (Å²) >= 11 is 9.11. The second kappa shape index (κ2) is 7.51. The molecular weight excluding hydrogens is 424 g/mol. The molecule has 0 spiro atoms. The largest absolute Gasteiger partial charge is 0.289 e. The predicted octanol–water partition coefficient (Wildman–Crippen LogP) is 5.80. The van der Waals surface area contributed by atoms with Gasteiger partial charge in [-0.25, -0.2) is 9.97 Å². The van der Waals surface area contributed by atoms with E-state index in [1.807, 2.05) is 54.6 Å². The summed E-state index contributed by atoms with van der Waals surface area (Å²) in [6.07, 6.45) is 1.71. The van der Waals surface area contributed by atoms with Crippen molar-refractivity contribution in [3.05, 3.63) is 82.6 Å². The van der Waals surface area contributed by atoms with E-state index in [9.17, 15) is 4.79 Å². The van der Waals surface area contributed by atoms with E-state index in [0.717, 1.165) is 20.6 Å². The lowest BCUT2D eigenvalue weighted by Gasteiger charge is -2.18. The van der Waals surface area contributed by atoms with Crippen LogP contribution in [0, 0.1) is 0 Å². The van der Waals surface area contributed by atoms with Crippen molar-refractivity contribution in [2.45, 2.75) is 6.54 Å². The van der Waals surface area contributed by atoms with E-state index in [4.69, 9.17) is 11.6 Å². The number of aromatic nitrogens is 3.